The van der Waals surface area contributed by atoms with Crippen LogP contribution in [0, 0.1) is 0 Å². The van der Waals surface area contributed by atoms with Gasteiger partial charge in [0.2, 0.25) is 0 Å². The number of carboxylic acid groups (broad SMARTS) is 1. The van der Waals surface area contributed by atoms with Crippen molar-refractivity contribution < 1.29 is 19.4 Å². The summed E-state index contributed by atoms with van der Waals surface area (Å²) in [6.45, 7) is 5.25. The fraction of sp³-hybridized carbons (Fsp3) is 0.467. The highest BCUT2D eigenvalue weighted by Crippen LogP contribution is 2.11. The molecular weight excluding hydrogens is 272 g/mol. The molecular formula is C15H22N2O4. The highest BCUT2D eigenvalue weighted by Gasteiger charge is 2.21. The predicted octanol–water partition coefficient (Wildman–Crippen LogP) is 2.18. The zero-order valence-electron chi connectivity index (χ0n) is 12.6. The Hall–Kier alpha value is -2.24. The van der Waals surface area contributed by atoms with Crippen molar-refractivity contribution >= 4 is 17.7 Å². The van der Waals surface area contributed by atoms with Crippen LogP contribution in [0.15, 0.2) is 24.3 Å². The van der Waals surface area contributed by atoms with Crippen LogP contribution in [0.5, 0.6) is 0 Å². The summed E-state index contributed by atoms with van der Waals surface area (Å²) in [4.78, 5) is 22.7. The average Bonchev–Trinajstić information content (AvgIpc) is 2.28. The Morgan fingerprint density at radius 3 is 2.33 bits per heavy atom. The fourth-order valence-electron chi connectivity index (χ4n) is 1.80. The Bertz CT molecular complexity index is 491. The lowest BCUT2D eigenvalue weighted by atomic mass is 10.0. The second kappa shape index (κ2) is 6.97. The Labute approximate surface area is 124 Å². The molecule has 0 unspecified atom stereocenters. The van der Waals surface area contributed by atoms with Gasteiger partial charge in [-0.3, -0.25) is 4.79 Å². The molecule has 0 aliphatic rings. The summed E-state index contributed by atoms with van der Waals surface area (Å²) in [6.07, 6.45) is -0.403. The Morgan fingerprint density at radius 2 is 1.86 bits per heavy atom. The molecule has 0 heterocycles. The lowest BCUT2D eigenvalue weighted by Crippen LogP contribution is -2.41. The number of ether oxygens (including phenoxy) is 1. The predicted molar refractivity (Wildman–Crippen MR) is 80.0 cm³/mol. The second-order valence-corrected chi connectivity index (χ2v) is 5.89. The third kappa shape index (κ3) is 7.20. The molecule has 6 nitrogen and oxygen atoms in total. The van der Waals surface area contributed by atoms with Gasteiger partial charge in [-0.1, -0.05) is 12.1 Å². The van der Waals surface area contributed by atoms with E-state index >= 15 is 0 Å². The number of alkyl carbamates (subject to hydrolysis) is 1. The van der Waals surface area contributed by atoms with E-state index in [0.717, 1.165) is 5.56 Å². The van der Waals surface area contributed by atoms with Gasteiger partial charge in [-0.05, 0) is 44.9 Å². The largest absolute Gasteiger partial charge is 0.481 e. The number of benzene rings is 1. The van der Waals surface area contributed by atoms with Crippen LogP contribution in [0.4, 0.5) is 10.5 Å². The molecule has 1 amide bonds. The molecule has 0 aromatic heterocycles. The number of nitrogen functional groups attached to an aromatic ring is 1. The minimum atomic E-state index is -0.980. The summed E-state index contributed by atoms with van der Waals surface area (Å²) >= 11 is 0. The summed E-state index contributed by atoms with van der Waals surface area (Å²) in [5.74, 6) is -0.980. The van der Waals surface area contributed by atoms with Crippen molar-refractivity contribution in [1.29, 1.82) is 0 Å². The number of nitrogens with one attached hydrogen (secondary N) is 1. The van der Waals surface area contributed by atoms with Crippen molar-refractivity contribution in [3.05, 3.63) is 29.8 Å². The summed E-state index contributed by atoms with van der Waals surface area (Å²) < 4.78 is 5.14. The van der Waals surface area contributed by atoms with Crippen molar-refractivity contribution in [3.8, 4) is 0 Å². The molecule has 0 fully saturated rings. The van der Waals surface area contributed by atoms with E-state index in [4.69, 9.17) is 15.6 Å². The minimum Gasteiger partial charge on any atom is -0.481 e. The molecule has 21 heavy (non-hydrogen) atoms. The molecule has 4 N–H and O–H groups in total. The number of carboxylic acids is 1. The average molecular weight is 294 g/mol. The molecule has 0 aliphatic carbocycles. The lowest BCUT2D eigenvalue weighted by molar-refractivity contribution is -0.137. The zero-order valence-corrected chi connectivity index (χ0v) is 12.6. The van der Waals surface area contributed by atoms with Gasteiger partial charge < -0.3 is 20.9 Å². The van der Waals surface area contributed by atoms with E-state index in [1.807, 2.05) is 0 Å². The van der Waals surface area contributed by atoms with Gasteiger partial charge in [0.1, 0.15) is 5.60 Å². The highest BCUT2D eigenvalue weighted by molar-refractivity contribution is 5.71. The molecule has 1 aromatic rings. The lowest BCUT2D eigenvalue weighted by Gasteiger charge is -2.23. The summed E-state index contributed by atoms with van der Waals surface area (Å²) in [7, 11) is 0. The number of hydrogen-bond acceptors (Lipinski definition) is 4. The fourth-order valence-corrected chi connectivity index (χ4v) is 1.80. The van der Waals surface area contributed by atoms with Crippen molar-refractivity contribution in [3.63, 3.8) is 0 Å². The number of hydrogen-bond donors (Lipinski definition) is 3. The molecule has 0 saturated heterocycles. The van der Waals surface area contributed by atoms with Gasteiger partial charge in [0.15, 0.2) is 0 Å². The van der Waals surface area contributed by atoms with E-state index in [1.165, 1.54) is 0 Å². The van der Waals surface area contributed by atoms with Gasteiger partial charge in [-0.25, -0.2) is 4.79 Å². The summed E-state index contributed by atoms with van der Waals surface area (Å²) in [5, 5.41) is 11.5. The highest BCUT2D eigenvalue weighted by atomic mass is 16.6. The number of amides is 1. The number of aliphatic carboxylic acids is 1. The molecule has 0 saturated carbocycles. The van der Waals surface area contributed by atoms with Crippen LogP contribution in [0.3, 0.4) is 0 Å². The maximum atomic E-state index is 11.7. The van der Waals surface area contributed by atoms with Crippen LogP contribution < -0.4 is 11.1 Å². The SMILES string of the molecule is CC(C)(C)OC(=O)N[C@H](CC(=O)O)Cc1ccc(N)cc1. The second-order valence-electron chi connectivity index (χ2n) is 5.89. The first-order valence-corrected chi connectivity index (χ1v) is 6.71. The third-order valence-electron chi connectivity index (χ3n) is 2.60. The van der Waals surface area contributed by atoms with Crippen molar-refractivity contribution in [2.45, 2.75) is 45.3 Å². The zero-order chi connectivity index (χ0) is 16.0. The van der Waals surface area contributed by atoms with Crippen LogP contribution in [0.1, 0.15) is 32.8 Å². The van der Waals surface area contributed by atoms with Gasteiger partial charge in [-0.2, -0.15) is 0 Å². The van der Waals surface area contributed by atoms with Gasteiger partial charge in [-0.15, -0.1) is 0 Å². The maximum absolute atomic E-state index is 11.7. The molecule has 1 aromatic carbocycles. The van der Waals surface area contributed by atoms with Crippen LogP contribution in [-0.2, 0) is 16.0 Å². The monoisotopic (exact) mass is 294 g/mol. The number of anilines is 1. The van der Waals surface area contributed by atoms with Crippen LogP contribution in [0.2, 0.25) is 0 Å². The van der Waals surface area contributed by atoms with Gasteiger partial charge in [0.25, 0.3) is 0 Å². The molecule has 0 bridgehead atoms. The van der Waals surface area contributed by atoms with E-state index in [-0.39, 0.29) is 6.42 Å². The number of rotatable bonds is 5. The number of carbonyl (C=O) groups excluding carboxylic acids is 1. The van der Waals surface area contributed by atoms with E-state index in [2.05, 4.69) is 5.32 Å². The Morgan fingerprint density at radius 1 is 1.29 bits per heavy atom. The molecule has 0 spiro atoms. The smallest absolute Gasteiger partial charge is 0.407 e. The standard InChI is InChI=1S/C15H22N2O4/c1-15(2,3)21-14(20)17-12(9-13(18)19)8-10-4-6-11(16)7-5-10/h4-7,12H,8-9,16H2,1-3H3,(H,17,20)(H,18,19)/t12-/m0/s1. The van der Waals surface area contributed by atoms with Gasteiger partial charge >= 0.3 is 12.1 Å². The first kappa shape index (κ1) is 16.8. The maximum Gasteiger partial charge on any atom is 0.407 e. The quantitative estimate of drug-likeness (QED) is 0.722. The summed E-state index contributed by atoms with van der Waals surface area (Å²) in [6, 6.07) is 6.55. The van der Waals surface area contributed by atoms with Gasteiger partial charge in [0, 0.05) is 11.7 Å². The first-order chi connectivity index (χ1) is 9.65. The third-order valence-corrected chi connectivity index (χ3v) is 2.60. The molecule has 6 heteroatoms. The molecule has 0 radical (unpaired) electrons. The van der Waals surface area contributed by atoms with Crippen LogP contribution in [0.25, 0.3) is 0 Å². The first-order valence-electron chi connectivity index (χ1n) is 6.71. The van der Waals surface area contributed by atoms with E-state index in [1.54, 1.807) is 45.0 Å². The van der Waals surface area contributed by atoms with Crippen molar-refractivity contribution in [2.75, 3.05) is 5.73 Å². The van der Waals surface area contributed by atoms with Crippen molar-refractivity contribution in [1.82, 2.24) is 5.32 Å². The molecule has 0 aliphatic heterocycles. The number of nitrogens with two attached hydrogens (primary N) is 1. The number of carbonyl (C=O) groups is 2. The summed E-state index contributed by atoms with van der Waals surface area (Å²) in [5.41, 5.74) is 6.51. The van der Waals surface area contributed by atoms with Gasteiger partial charge in [0.05, 0.1) is 6.42 Å². The van der Waals surface area contributed by atoms with Crippen LogP contribution >= 0.6 is 0 Å². The van der Waals surface area contributed by atoms with Crippen molar-refractivity contribution in [2.24, 2.45) is 0 Å². The minimum absolute atomic E-state index is 0.177. The normalized spacial score (nSPS) is 12.5. The Kier molecular flexibility index (Phi) is 5.58. The molecule has 1 atom stereocenters. The van der Waals surface area contributed by atoms with E-state index in [0.29, 0.717) is 12.1 Å². The molecule has 1 rings (SSSR count). The van der Waals surface area contributed by atoms with E-state index < -0.39 is 23.7 Å². The molecule has 116 valence electrons. The van der Waals surface area contributed by atoms with Crippen LogP contribution in [-0.4, -0.2) is 28.8 Å². The topological polar surface area (TPSA) is 102 Å². The van der Waals surface area contributed by atoms with E-state index in [9.17, 15) is 9.59 Å². The Balaban J connectivity index is 2.69.